The second-order valence-corrected chi connectivity index (χ2v) is 4.91. The van der Waals surface area contributed by atoms with E-state index in [1.807, 2.05) is 0 Å². The van der Waals surface area contributed by atoms with Gasteiger partial charge >= 0.3 is 12.6 Å². The summed E-state index contributed by atoms with van der Waals surface area (Å²) in [5.41, 5.74) is 2.36. The van der Waals surface area contributed by atoms with Gasteiger partial charge in [-0.05, 0) is 31.2 Å². The molecular formula is C15H14F2N2O5. The molecule has 1 amide bonds. The van der Waals surface area contributed by atoms with Crippen molar-refractivity contribution in [1.82, 2.24) is 5.43 Å². The highest BCUT2D eigenvalue weighted by atomic mass is 19.3. The molecule has 1 aromatic carbocycles. The number of ketones is 1. The van der Waals surface area contributed by atoms with E-state index >= 15 is 0 Å². The lowest BCUT2D eigenvalue weighted by atomic mass is 10.1. The number of nitrogens with one attached hydrogen (secondary N) is 1. The second-order valence-electron chi connectivity index (χ2n) is 4.91. The number of benzene rings is 1. The summed E-state index contributed by atoms with van der Waals surface area (Å²) in [7, 11) is 0. The van der Waals surface area contributed by atoms with Crippen LogP contribution in [0.25, 0.3) is 0 Å². The Morgan fingerprint density at radius 3 is 2.42 bits per heavy atom. The van der Waals surface area contributed by atoms with E-state index < -0.39 is 24.5 Å². The molecule has 7 nitrogen and oxygen atoms in total. The Morgan fingerprint density at radius 2 is 1.88 bits per heavy atom. The highest BCUT2D eigenvalue weighted by molar-refractivity contribution is 6.37. The fourth-order valence-corrected chi connectivity index (χ4v) is 1.94. The maximum Gasteiger partial charge on any atom is 0.387 e. The average molecular weight is 340 g/mol. The van der Waals surface area contributed by atoms with E-state index in [1.165, 1.54) is 31.2 Å². The van der Waals surface area contributed by atoms with Gasteiger partial charge in [0.05, 0.1) is 0 Å². The molecule has 1 aliphatic heterocycles. The molecule has 2 rings (SSSR count). The molecule has 0 spiro atoms. The number of rotatable bonds is 6. The first-order chi connectivity index (χ1) is 11.4. The average Bonchev–Trinajstić information content (AvgIpc) is 2.54. The van der Waals surface area contributed by atoms with E-state index in [2.05, 4.69) is 15.3 Å². The van der Waals surface area contributed by atoms with E-state index in [9.17, 15) is 23.2 Å². The maximum absolute atomic E-state index is 12.2. The number of ether oxygens (including phenoxy) is 2. The molecule has 1 aliphatic rings. The van der Waals surface area contributed by atoms with Crippen LogP contribution < -0.4 is 10.2 Å². The van der Waals surface area contributed by atoms with Crippen molar-refractivity contribution >= 4 is 23.4 Å². The fraction of sp³-hybridized carbons (Fsp3) is 0.333. The van der Waals surface area contributed by atoms with E-state index in [-0.39, 0.29) is 35.8 Å². The number of Topliss-reactive ketones (excluding diaryl/α,β-unsaturated/α-hetero) is 1. The molecule has 0 bridgehead atoms. The summed E-state index contributed by atoms with van der Waals surface area (Å²) in [5, 5.41) is 3.58. The Kier molecular flexibility index (Phi) is 5.56. The van der Waals surface area contributed by atoms with Crippen LogP contribution in [-0.2, 0) is 14.3 Å². The molecule has 1 atom stereocenters. The van der Waals surface area contributed by atoms with Gasteiger partial charge in [0.2, 0.25) is 11.7 Å². The van der Waals surface area contributed by atoms with Crippen LogP contribution in [0.1, 0.15) is 30.1 Å². The van der Waals surface area contributed by atoms with Gasteiger partial charge in [0.1, 0.15) is 11.5 Å². The lowest BCUT2D eigenvalue weighted by Crippen LogP contribution is -2.34. The second kappa shape index (κ2) is 7.62. The van der Waals surface area contributed by atoms with E-state index in [0.29, 0.717) is 0 Å². The molecule has 0 saturated carbocycles. The number of halogens is 2. The van der Waals surface area contributed by atoms with Gasteiger partial charge in [0.15, 0.2) is 6.10 Å². The summed E-state index contributed by atoms with van der Waals surface area (Å²) < 4.78 is 33.3. The van der Waals surface area contributed by atoms with Crippen molar-refractivity contribution in [2.75, 3.05) is 0 Å². The predicted molar refractivity (Wildman–Crippen MR) is 77.8 cm³/mol. The van der Waals surface area contributed by atoms with Crippen molar-refractivity contribution in [3.8, 4) is 5.75 Å². The van der Waals surface area contributed by atoms with Crippen LogP contribution in [0.4, 0.5) is 8.78 Å². The van der Waals surface area contributed by atoms with Gasteiger partial charge in [-0.25, -0.2) is 10.2 Å². The summed E-state index contributed by atoms with van der Waals surface area (Å²) in [5.74, 6) is -1.69. The number of esters is 1. The van der Waals surface area contributed by atoms with Gasteiger partial charge in [-0.2, -0.15) is 13.9 Å². The molecule has 1 N–H and O–H groups in total. The first-order valence-corrected chi connectivity index (χ1v) is 7.02. The number of nitrogens with zero attached hydrogens (tertiary/aromatic N) is 1. The monoisotopic (exact) mass is 340 g/mol. The van der Waals surface area contributed by atoms with Crippen molar-refractivity contribution in [2.45, 2.75) is 32.5 Å². The smallest absolute Gasteiger partial charge is 0.387 e. The van der Waals surface area contributed by atoms with Crippen molar-refractivity contribution in [3.63, 3.8) is 0 Å². The Hall–Kier alpha value is -2.84. The molecule has 24 heavy (non-hydrogen) atoms. The van der Waals surface area contributed by atoms with E-state index in [0.717, 1.165) is 0 Å². The number of carbonyl (C=O) groups is 3. The van der Waals surface area contributed by atoms with Crippen LogP contribution in [0.15, 0.2) is 29.4 Å². The lowest BCUT2D eigenvalue weighted by Gasteiger charge is -2.15. The Bertz CT molecular complexity index is 673. The maximum atomic E-state index is 12.2. The van der Waals surface area contributed by atoms with E-state index in [4.69, 9.17) is 4.74 Å². The largest absolute Gasteiger partial charge is 0.450 e. The van der Waals surface area contributed by atoms with Crippen LogP contribution in [0.3, 0.4) is 0 Å². The minimum atomic E-state index is -2.96. The van der Waals surface area contributed by atoms with Crippen molar-refractivity contribution in [3.05, 3.63) is 29.8 Å². The molecule has 0 saturated heterocycles. The molecular weight excluding hydrogens is 326 g/mol. The molecule has 0 unspecified atom stereocenters. The number of carbonyl (C=O) groups excluding carboxylic acids is 3. The minimum absolute atomic E-state index is 0.0231. The van der Waals surface area contributed by atoms with Gasteiger partial charge in [0, 0.05) is 18.4 Å². The quantitative estimate of drug-likeness (QED) is 0.628. The normalized spacial score (nSPS) is 15.3. The number of alkyl halides is 2. The van der Waals surface area contributed by atoms with Crippen LogP contribution in [-0.4, -0.2) is 36.1 Å². The van der Waals surface area contributed by atoms with Gasteiger partial charge in [0.25, 0.3) is 0 Å². The van der Waals surface area contributed by atoms with Crippen molar-refractivity contribution in [1.29, 1.82) is 0 Å². The van der Waals surface area contributed by atoms with Gasteiger partial charge in [-0.15, -0.1) is 0 Å². The summed E-state index contributed by atoms with van der Waals surface area (Å²) in [6.07, 6.45) is -0.854. The summed E-state index contributed by atoms with van der Waals surface area (Å²) in [6.45, 7) is -1.57. The summed E-state index contributed by atoms with van der Waals surface area (Å²) >= 11 is 0. The predicted octanol–water partition coefficient (Wildman–Crippen LogP) is 1.67. The standard InChI is InChI=1S/C15H14F2N2O5/c1-8(23-14(22)11-6-7-12(20)19-18-11)13(21)9-2-4-10(5-3-9)24-15(16)17/h2-5,8,15H,6-7H2,1H3,(H,19,20)/t8-/m1/s1. The number of hydrogen-bond acceptors (Lipinski definition) is 6. The Morgan fingerprint density at radius 1 is 1.21 bits per heavy atom. The zero-order valence-electron chi connectivity index (χ0n) is 12.6. The van der Waals surface area contributed by atoms with E-state index in [1.54, 1.807) is 0 Å². The first kappa shape index (κ1) is 17.5. The fourth-order valence-electron chi connectivity index (χ4n) is 1.94. The molecule has 0 fully saturated rings. The Balaban J connectivity index is 1.96. The topological polar surface area (TPSA) is 94.1 Å². The lowest BCUT2D eigenvalue weighted by molar-refractivity contribution is -0.138. The molecule has 128 valence electrons. The third kappa shape index (κ3) is 4.58. The van der Waals surface area contributed by atoms with Crippen LogP contribution in [0.2, 0.25) is 0 Å². The van der Waals surface area contributed by atoms with Crippen molar-refractivity contribution in [2.24, 2.45) is 5.10 Å². The minimum Gasteiger partial charge on any atom is -0.450 e. The molecule has 9 heteroatoms. The zero-order chi connectivity index (χ0) is 17.7. The van der Waals surface area contributed by atoms with Crippen LogP contribution >= 0.6 is 0 Å². The summed E-state index contributed by atoms with van der Waals surface area (Å²) in [6, 6.07) is 5.02. The molecule has 1 aromatic rings. The third-order valence-corrected chi connectivity index (χ3v) is 3.16. The summed E-state index contributed by atoms with van der Waals surface area (Å²) in [4.78, 5) is 35.0. The Labute approximate surface area is 135 Å². The van der Waals surface area contributed by atoms with Crippen LogP contribution in [0, 0.1) is 0 Å². The third-order valence-electron chi connectivity index (χ3n) is 3.16. The molecule has 0 radical (unpaired) electrons. The molecule has 1 heterocycles. The van der Waals surface area contributed by atoms with Crippen LogP contribution in [0.5, 0.6) is 5.75 Å². The molecule has 0 aliphatic carbocycles. The first-order valence-electron chi connectivity index (χ1n) is 7.02. The number of hydrazone groups is 1. The van der Waals surface area contributed by atoms with Gasteiger partial charge in [-0.3, -0.25) is 9.59 Å². The zero-order valence-corrected chi connectivity index (χ0v) is 12.6. The number of amides is 1. The number of hydrogen-bond donors (Lipinski definition) is 1. The highest BCUT2D eigenvalue weighted by Crippen LogP contribution is 2.16. The van der Waals surface area contributed by atoms with Gasteiger partial charge in [-0.1, -0.05) is 0 Å². The highest BCUT2D eigenvalue weighted by Gasteiger charge is 2.25. The SMILES string of the molecule is C[C@@H](OC(=O)C1=NNC(=O)CC1)C(=O)c1ccc(OC(F)F)cc1. The van der Waals surface area contributed by atoms with Crippen molar-refractivity contribution < 1.29 is 32.6 Å². The molecule has 0 aromatic heterocycles. The van der Waals surface area contributed by atoms with Gasteiger partial charge < -0.3 is 9.47 Å².